The quantitative estimate of drug-likeness (QED) is 0.473. The first-order valence-electron chi connectivity index (χ1n) is 7.99. The molecular weight excluding hydrogens is 328 g/mol. The van der Waals surface area contributed by atoms with Crippen LogP contribution in [-0.4, -0.2) is 53.3 Å². The van der Waals surface area contributed by atoms with Crippen molar-refractivity contribution in [2.45, 2.75) is 38.8 Å². The zero-order chi connectivity index (χ0) is 18.8. The van der Waals surface area contributed by atoms with E-state index in [-0.39, 0.29) is 31.3 Å². The Labute approximate surface area is 146 Å². The number of ether oxygens (including phenoxy) is 1. The number of aliphatic hydroxyl groups is 1. The maximum absolute atomic E-state index is 12.3. The molecular formula is C17H24N2O6. The summed E-state index contributed by atoms with van der Waals surface area (Å²) in [6.07, 6.45) is 0.510. The summed E-state index contributed by atoms with van der Waals surface area (Å²) < 4.78 is 5.05. The van der Waals surface area contributed by atoms with Crippen LogP contribution in [0.1, 0.15) is 25.8 Å². The van der Waals surface area contributed by atoms with Crippen molar-refractivity contribution in [3.63, 3.8) is 0 Å². The Bertz CT molecular complexity index is 587. The molecule has 8 heteroatoms. The molecule has 0 bridgehead atoms. The summed E-state index contributed by atoms with van der Waals surface area (Å²) in [6, 6.07) is 5.42. The lowest BCUT2D eigenvalue weighted by Crippen LogP contribution is -2.50. The van der Waals surface area contributed by atoms with Crippen LogP contribution in [0.15, 0.2) is 24.3 Å². The Kier molecular flexibility index (Phi) is 8.42. The number of rotatable bonds is 10. The normalized spacial score (nSPS) is 12.8. The Hall–Kier alpha value is -2.61. The van der Waals surface area contributed by atoms with Crippen molar-refractivity contribution in [1.29, 1.82) is 0 Å². The summed E-state index contributed by atoms with van der Waals surface area (Å²) in [6.45, 7) is 2.71. The predicted molar refractivity (Wildman–Crippen MR) is 90.2 cm³/mol. The van der Waals surface area contributed by atoms with Gasteiger partial charge in [-0.25, -0.2) is 4.79 Å². The van der Waals surface area contributed by atoms with Gasteiger partial charge in [0.25, 0.3) is 0 Å². The van der Waals surface area contributed by atoms with Gasteiger partial charge in [-0.1, -0.05) is 19.1 Å². The average molecular weight is 352 g/mol. The smallest absolute Gasteiger partial charge is 0.341 e. The number of benzene rings is 1. The van der Waals surface area contributed by atoms with Crippen LogP contribution in [0.4, 0.5) is 0 Å². The van der Waals surface area contributed by atoms with Crippen molar-refractivity contribution >= 4 is 17.8 Å². The molecule has 138 valence electrons. The first-order chi connectivity index (χ1) is 11.8. The zero-order valence-corrected chi connectivity index (χ0v) is 14.3. The minimum absolute atomic E-state index is 0.199. The Balaban J connectivity index is 2.77. The third-order valence-corrected chi connectivity index (χ3v) is 3.36. The Morgan fingerprint density at radius 2 is 1.80 bits per heavy atom. The van der Waals surface area contributed by atoms with Gasteiger partial charge in [0.2, 0.25) is 11.8 Å². The molecule has 4 N–H and O–H groups in total. The summed E-state index contributed by atoms with van der Waals surface area (Å²) in [4.78, 5) is 34.4. The molecule has 0 aromatic heterocycles. The van der Waals surface area contributed by atoms with Crippen LogP contribution in [0.25, 0.3) is 0 Å². The van der Waals surface area contributed by atoms with E-state index in [0.717, 1.165) is 5.56 Å². The molecule has 0 fully saturated rings. The van der Waals surface area contributed by atoms with Gasteiger partial charge in [0.15, 0.2) is 6.61 Å². The van der Waals surface area contributed by atoms with Gasteiger partial charge < -0.3 is 25.6 Å². The number of carbonyl (C=O) groups excluding carboxylic acids is 2. The molecule has 0 radical (unpaired) electrons. The van der Waals surface area contributed by atoms with E-state index >= 15 is 0 Å². The summed E-state index contributed by atoms with van der Waals surface area (Å²) in [7, 11) is 0. The van der Waals surface area contributed by atoms with Crippen LogP contribution < -0.4 is 15.4 Å². The van der Waals surface area contributed by atoms with Crippen LogP contribution >= 0.6 is 0 Å². The van der Waals surface area contributed by atoms with Gasteiger partial charge in [-0.15, -0.1) is 0 Å². The summed E-state index contributed by atoms with van der Waals surface area (Å²) in [5.74, 6) is -1.30. The molecule has 1 aromatic rings. The van der Waals surface area contributed by atoms with Crippen molar-refractivity contribution in [2.24, 2.45) is 0 Å². The van der Waals surface area contributed by atoms with E-state index in [4.69, 9.17) is 14.9 Å². The predicted octanol–water partition coefficient (Wildman–Crippen LogP) is 0.0843. The fourth-order valence-corrected chi connectivity index (χ4v) is 2.00. The highest BCUT2D eigenvalue weighted by Gasteiger charge is 2.22. The van der Waals surface area contributed by atoms with E-state index in [1.54, 1.807) is 38.1 Å². The van der Waals surface area contributed by atoms with Crippen molar-refractivity contribution in [3.8, 4) is 5.75 Å². The number of hydrogen-bond donors (Lipinski definition) is 4. The minimum Gasteiger partial charge on any atom is -0.482 e. The standard InChI is InChI=1S/C17H24N2O6/c1-3-15(21)19-14(17(24)18-11(2)9-20)8-12-4-6-13(7-5-12)25-10-16(22)23/h4-7,11,14,20H,3,8-10H2,1-2H3,(H,18,24)(H,19,21)(H,22,23)/t11?,14-/m0/s1. The molecule has 1 unspecified atom stereocenters. The van der Waals surface area contributed by atoms with Crippen molar-refractivity contribution in [1.82, 2.24) is 10.6 Å². The lowest BCUT2D eigenvalue weighted by molar-refractivity contribution is -0.139. The molecule has 8 nitrogen and oxygen atoms in total. The van der Waals surface area contributed by atoms with E-state index in [1.807, 2.05) is 0 Å². The van der Waals surface area contributed by atoms with Crippen molar-refractivity contribution in [3.05, 3.63) is 29.8 Å². The van der Waals surface area contributed by atoms with Gasteiger partial charge in [-0.3, -0.25) is 9.59 Å². The number of carbonyl (C=O) groups is 3. The number of aliphatic carboxylic acids is 1. The first kappa shape index (κ1) is 20.4. The van der Waals surface area contributed by atoms with E-state index in [0.29, 0.717) is 5.75 Å². The molecule has 0 aliphatic carbocycles. The minimum atomic E-state index is -1.07. The molecule has 1 aromatic carbocycles. The molecule has 2 amide bonds. The molecule has 25 heavy (non-hydrogen) atoms. The van der Waals surface area contributed by atoms with Crippen LogP contribution in [0, 0.1) is 0 Å². The number of carboxylic acid groups (broad SMARTS) is 1. The lowest BCUT2D eigenvalue weighted by Gasteiger charge is -2.20. The second-order valence-corrected chi connectivity index (χ2v) is 5.60. The van der Waals surface area contributed by atoms with Crippen molar-refractivity contribution < 1.29 is 29.3 Å². The van der Waals surface area contributed by atoms with Crippen LogP contribution in [0.3, 0.4) is 0 Å². The van der Waals surface area contributed by atoms with Gasteiger partial charge in [0.1, 0.15) is 11.8 Å². The highest BCUT2D eigenvalue weighted by atomic mass is 16.5. The third kappa shape index (κ3) is 7.67. The van der Waals surface area contributed by atoms with E-state index in [9.17, 15) is 14.4 Å². The molecule has 0 aliphatic rings. The maximum Gasteiger partial charge on any atom is 0.341 e. The van der Waals surface area contributed by atoms with Gasteiger partial charge in [-0.05, 0) is 24.6 Å². The van der Waals surface area contributed by atoms with E-state index < -0.39 is 24.7 Å². The largest absolute Gasteiger partial charge is 0.482 e. The second-order valence-electron chi connectivity index (χ2n) is 5.60. The SMILES string of the molecule is CCC(=O)N[C@@H](Cc1ccc(OCC(=O)O)cc1)C(=O)NC(C)CO. The molecule has 1 rings (SSSR count). The van der Waals surface area contributed by atoms with Crippen molar-refractivity contribution in [2.75, 3.05) is 13.2 Å². The Morgan fingerprint density at radius 1 is 1.16 bits per heavy atom. The molecule has 0 saturated heterocycles. The van der Waals surface area contributed by atoms with E-state index in [2.05, 4.69) is 10.6 Å². The molecule has 0 heterocycles. The number of nitrogens with one attached hydrogen (secondary N) is 2. The van der Waals surface area contributed by atoms with E-state index in [1.165, 1.54) is 0 Å². The lowest BCUT2D eigenvalue weighted by atomic mass is 10.0. The zero-order valence-electron chi connectivity index (χ0n) is 14.3. The number of aliphatic hydroxyl groups excluding tert-OH is 1. The maximum atomic E-state index is 12.3. The number of amides is 2. The van der Waals surface area contributed by atoms with Crippen LogP contribution in [-0.2, 0) is 20.8 Å². The number of hydrogen-bond acceptors (Lipinski definition) is 5. The average Bonchev–Trinajstić information content (AvgIpc) is 2.59. The highest BCUT2D eigenvalue weighted by Crippen LogP contribution is 2.14. The van der Waals surface area contributed by atoms with Gasteiger partial charge in [0.05, 0.1) is 6.61 Å². The summed E-state index contributed by atoms with van der Waals surface area (Å²) in [5, 5.41) is 22.9. The van der Waals surface area contributed by atoms with Gasteiger partial charge in [0, 0.05) is 18.9 Å². The second kappa shape index (κ2) is 10.3. The molecule has 2 atom stereocenters. The first-order valence-corrected chi connectivity index (χ1v) is 7.99. The Morgan fingerprint density at radius 3 is 2.32 bits per heavy atom. The fourth-order valence-electron chi connectivity index (χ4n) is 2.00. The molecule has 0 saturated carbocycles. The van der Waals surface area contributed by atoms with Gasteiger partial charge >= 0.3 is 5.97 Å². The summed E-state index contributed by atoms with van der Waals surface area (Å²) >= 11 is 0. The van der Waals surface area contributed by atoms with Gasteiger partial charge in [-0.2, -0.15) is 0 Å². The molecule has 0 spiro atoms. The fraction of sp³-hybridized carbons (Fsp3) is 0.471. The van der Waals surface area contributed by atoms with Crippen LogP contribution in [0.5, 0.6) is 5.75 Å². The topological polar surface area (TPSA) is 125 Å². The third-order valence-electron chi connectivity index (χ3n) is 3.36. The van der Waals surface area contributed by atoms with Crippen LogP contribution in [0.2, 0.25) is 0 Å². The number of carboxylic acids is 1. The monoisotopic (exact) mass is 352 g/mol. The summed E-state index contributed by atoms with van der Waals surface area (Å²) in [5.41, 5.74) is 0.774. The molecule has 0 aliphatic heterocycles. The highest BCUT2D eigenvalue weighted by molar-refractivity contribution is 5.87.